The molecule has 2 rings (SSSR count). The highest BCUT2D eigenvalue weighted by Gasteiger charge is 2.12. The predicted octanol–water partition coefficient (Wildman–Crippen LogP) is 3.11. The van der Waals surface area contributed by atoms with E-state index in [1.54, 1.807) is 19.1 Å². The van der Waals surface area contributed by atoms with E-state index in [1.807, 2.05) is 32.0 Å². The Morgan fingerprint density at radius 2 is 1.62 bits per heavy atom. The van der Waals surface area contributed by atoms with Gasteiger partial charge in [0.15, 0.2) is 16.4 Å². The van der Waals surface area contributed by atoms with Crippen molar-refractivity contribution in [3.05, 3.63) is 53.6 Å². The van der Waals surface area contributed by atoms with Crippen LogP contribution in [0.2, 0.25) is 0 Å². The number of carbonyl (C=O) groups is 1. The largest absolute Gasteiger partial charge is 0.483 e. The fourth-order valence-electron chi connectivity index (χ4n) is 2.27. The van der Waals surface area contributed by atoms with Crippen molar-refractivity contribution in [3.63, 3.8) is 0 Å². The molecule has 2 aromatic rings. The Balaban J connectivity index is 1.98. The van der Waals surface area contributed by atoms with Crippen LogP contribution in [0.5, 0.6) is 5.75 Å². The number of nitrogens with one attached hydrogen (secondary N) is 1. The second kappa shape index (κ2) is 7.49. The minimum atomic E-state index is -3.24. The maximum Gasteiger partial charge on any atom is 0.262 e. The highest BCUT2D eigenvalue weighted by atomic mass is 32.2. The van der Waals surface area contributed by atoms with Gasteiger partial charge in [-0.1, -0.05) is 25.1 Å². The van der Waals surface area contributed by atoms with E-state index >= 15 is 0 Å². The normalized spacial score (nSPS) is 11.1. The van der Waals surface area contributed by atoms with E-state index in [-0.39, 0.29) is 23.2 Å². The Morgan fingerprint density at radius 3 is 2.17 bits per heavy atom. The molecule has 2 aromatic carbocycles. The van der Waals surface area contributed by atoms with Gasteiger partial charge in [0.25, 0.3) is 5.91 Å². The number of para-hydroxylation sites is 1. The van der Waals surface area contributed by atoms with Crippen LogP contribution in [0.25, 0.3) is 0 Å². The molecule has 0 saturated carbocycles. The molecule has 0 spiro atoms. The van der Waals surface area contributed by atoms with Gasteiger partial charge in [0.05, 0.1) is 10.6 Å². The first-order chi connectivity index (χ1) is 11.3. The minimum absolute atomic E-state index is 0.0440. The van der Waals surface area contributed by atoms with Crippen molar-refractivity contribution in [2.45, 2.75) is 25.7 Å². The molecule has 0 unspecified atom stereocenters. The molecule has 0 fully saturated rings. The molecule has 128 valence electrons. The third-order valence-corrected chi connectivity index (χ3v) is 5.38. The lowest BCUT2D eigenvalue weighted by molar-refractivity contribution is -0.118. The maximum absolute atomic E-state index is 12.0. The summed E-state index contributed by atoms with van der Waals surface area (Å²) in [5.41, 5.74) is 2.47. The third kappa shape index (κ3) is 4.35. The van der Waals surface area contributed by atoms with Gasteiger partial charge in [-0.3, -0.25) is 4.79 Å². The van der Waals surface area contributed by atoms with Crippen LogP contribution in [0.15, 0.2) is 47.4 Å². The zero-order chi connectivity index (χ0) is 17.7. The number of hydrogen-bond donors (Lipinski definition) is 1. The standard InChI is InChI=1S/C18H21NO4S/c1-4-24(21,22)16-10-8-15(9-11-16)19-17(20)12-23-18-13(2)6-5-7-14(18)3/h5-11H,4,12H2,1-3H3,(H,19,20). The lowest BCUT2D eigenvalue weighted by atomic mass is 10.1. The van der Waals surface area contributed by atoms with Crippen LogP contribution in [0, 0.1) is 13.8 Å². The van der Waals surface area contributed by atoms with Gasteiger partial charge in [0, 0.05) is 5.69 Å². The Morgan fingerprint density at radius 1 is 1.04 bits per heavy atom. The maximum atomic E-state index is 12.0. The fourth-order valence-corrected chi connectivity index (χ4v) is 3.16. The first-order valence-corrected chi connectivity index (χ1v) is 9.30. The van der Waals surface area contributed by atoms with Crippen LogP contribution in [0.1, 0.15) is 18.1 Å². The summed E-state index contributed by atoms with van der Waals surface area (Å²) in [6.07, 6.45) is 0. The summed E-state index contributed by atoms with van der Waals surface area (Å²) in [5.74, 6) is 0.447. The first-order valence-electron chi connectivity index (χ1n) is 7.65. The van der Waals surface area contributed by atoms with Gasteiger partial charge in [-0.05, 0) is 49.2 Å². The van der Waals surface area contributed by atoms with E-state index in [4.69, 9.17) is 4.74 Å². The summed E-state index contributed by atoms with van der Waals surface area (Å²) < 4.78 is 29.1. The fraction of sp³-hybridized carbons (Fsp3) is 0.278. The predicted molar refractivity (Wildman–Crippen MR) is 94.2 cm³/mol. The van der Waals surface area contributed by atoms with Gasteiger partial charge in [0.1, 0.15) is 5.75 Å². The summed E-state index contributed by atoms with van der Waals surface area (Å²) in [4.78, 5) is 12.2. The van der Waals surface area contributed by atoms with Gasteiger partial charge in [-0.2, -0.15) is 0 Å². The van der Waals surface area contributed by atoms with E-state index in [0.29, 0.717) is 11.4 Å². The molecule has 0 aromatic heterocycles. The van der Waals surface area contributed by atoms with Gasteiger partial charge in [-0.25, -0.2) is 8.42 Å². The Labute approximate surface area is 142 Å². The summed E-state index contributed by atoms with van der Waals surface area (Å²) in [6, 6.07) is 11.9. The lowest BCUT2D eigenvalue weighted by Gasteiger charge is -2.12. The quantitative estimate of drug-likeness (QED) is 0.871. The second-order valence-electron chi connectivity index (χ2n) is 5.49. The zero-order valence-corrected chi connectivity index (χ0v) is 14.8. The molecule has 0 bridgehead atoms. The van der Waals surface area contributed by atoms with Crippen LogP contribution in [-0.2, 0) is 14.6 Å². The summed E-state index contributed by atoms with van der Waals surface area (Å²) >= 11 is 0. The number of hydrogen-bond acceptors (Lipinski definition) is 4. The van der Waals surface area contributed by atoms with Crippen LogP contribution in [-0.4, -0.2) is 26.7 Å². The first kappa shape index (κ1) is 18.0. The number of sulfone groups is 1. The molecule has 1 N–H and O–H groups in total. The molecule has 0 aliphatic rings. The van der Waals surface area contributed by atoms with Crippen molar-refractivity contribution in [1.82, 2.24) is 0 Å². The van der Waals surface area contributed by atoms with E-state index < -0.39 is 9.84 Å². The Bertz CT molecular complexity index is 806. The SMILES string of the molecule is CCS(=O)(=O)c1ccc(NC(=O)COc2c(C)cccc2C)cc1. The molecule has 24 heavy (non-hydrogen) atoms. The van der Waals surface area contributed by atoms with E-state index in [1.165, 1.54) is 12.1 Å². The van der Waals surface area contributed by atoms with Crippen molar-refractivity contribution in [2.75, 3.05) is 17.7 Å². The van der Waals surface area contributed by atoms with Gasteiger partial charge >= 0.3 is 0 Å². The molecule has 0 heterocycles. The smallest absolute Gasteiger partial charge is 0.262 e. The van der Waals surface area contributed by atoms with E-state index in [2.05, 4.69) is 5.32 Å². The Kier molecular flexibility index (Phi) is 5.62. The number of anilines is 1. The molecular weight excluding hydrogens is 326 g/mol. The van der Waals surface area contributed by atoms with E-state index in [0.717, 1.165) is 11.1 Å². The number of aryl methyl sites for hydroxylation is 2. The van der Waals surface area contributed by atoms with Crippen LogP contribution >= 0.6 is 0 Å². The number of ether oxygens (including phenoxy) is 1. The van der Waals surface area contributed by atoms with Gasteiger partial charge in [-0.15, -0.1) is 0 Å². The summed E-state index contributed by atoms with van der Waals surface area (Å²) in [7, 11) is -3.24. The third-order valence-electron chi connectivity index (χ3n) is 3.63. The number of carbonyl (C=O) groups excluding carboxylic acids is 1. The molecule has 0 aliphatic carbocycles. The summed E-state index contributed by atoms with van der Waals surface area (Å²) in [5, 5.41) is 2.69. The molecule has 0 aliphatic heterocycles. The molecule has 1 amide bonds. The Hall–Kier alpha value is -2.34. The topological polar surface area (TPSA) is 72.5 Å². The van der Waals surface area contributed by atoms with Crippen LogP contribution < -0.4 is 10.1 Å². The number of rotatable bonds is 6. The van der Waals surface area contributed by atoms with Crippen molar-refractivity contribution >= 4 is 21.4 Å². The van der Waals surface area contributed by atoms with Crippen molar-refractivity contribution in [2.24, 2.45) is 0 Å². The monoisotopic (exact) mass is 347 g/mol. The summed E-state index contributed by atoms with van der Waals surface area (Å²) in [6.45, 7) is 5.33. The van der Waals surface area contributed by atoms with Crippen LogP contribution in [0.3, 0.4) is 0 Å². The highest BCUT2D eigenvalue weighted by Crippen LogP contribution is 2.22. The van der Waals surface area contributed by atoms with Crippen LogP contribution in [0.4, 0.5) is 5.69 Å². The molecule has 0 radical (unpaired) electrons. The average Bonchev–Trinajstić information content (AvgIpc) is 2.55. The van der Waals surface area contributed by atoms with Crippen molar-refractivity contribution < 1.29 is 17.9 Å². The zero-order valence-electron chi connectivity index (χ0n) is 14.0. The lowest BCUT2D eigenvalue weighted by Crippen LogP contribution is -2.20. The van der Waals surface area contributed by atoms with Gasteiger partial charge in [0.2, 0.25) is 0 Å². The molecular formula is C18H21NO4S. The molecule has 6 heteroatoms. The molecule has 0 saturated heterocycles. The van der Waals surface area contributed by atoms with Gasteiger partial charge < -0.3 is 10.1 Å². The highest BCUT2D eigenvalue weighted by molar-refractivity contribution is 7.91. The molecule has 5 nitrogen and oxygen atoms in total. The second-order valence-corrected chi connectivity index (χ2v) is 7.76. The molecule has 0 atom stereocenters. The minimum Gasteiger partial charge on any atom is -0.483 e. The number of amides is 1. The van der Waals surface area contributed by atoms with E-state index in [9.17, 15) is 13.2 Å². The number of benzene rings is 2. The van der Waals surface area contributed by atoms with Crippen molar-refractivity contribution in [3.8, 4) is 5.75 Å². The van der Waals surface area contributed by atoms with Crippen molar-refractivity contribution in [1.29, 1.82) is 0 Å². The average molecular weight is 347 g/mol.